The van der Waals surface area contributed by atoms with E-state index in [0.717, 1.165) is 100 Å². The molecule has 7 nitrogen and oxygen atoms in total. The highest BCUT2D eigenvalue weighted by Gasteiger charge is 2.32. The minimum atomic E-state index is 0.0537. The zero-order valence-corrected chi connectivity index (χ0v) is 20.4. The SMILES string of the molecule is CC(C)(C)Cc1noc2nc(C3CC3)cc(C(=O)N3CCC(CCN4CCOCC4)CC3)c12. The summed E-state index contributed by atoms with van der Waals surface area (Å²) in [6.45, 7) is 13.2. The fourth-order valence-corrected chi connectivity index (χ4v) is 5.19. The van der Waals surface area contributed by atoms with Gasteiger partial charge in [0.05, 0.1) is 29.9 Å². The Morgan fingerprint density at radius 1 is 1.09 bits per heavy atom. The number of morpholine rings is 1. The second kappa shape index (κ2) is 9.34. The Kier molecular flexibility index (Phi) is 6.45. The summed E-state index contributed by atoms with van der Waals surface area (Å²) in [6.07, 6.45) is 6.42. The third kappa shape index (κ3) is 5.40. The van der Waals surface area contributed by atoms with Gasteiger partial charge in [-0.15, -0.1) is 0 Å². The van der Waals surface area contributed by atoms with Crippen molar-refractivity contribution in [2.75, 3.05) is 45.9 Å². The minimum Gasteiger partial charge on any atom is -0.379 e. The van der Waals surface area contributed by atoms with Crippen LogP contribution in [0.2, 0.25) is 0 Å². The van der Waals surface area contributed by atoms with Crippen molar-refractivity contribution >= 4 is 17.0 Å². The van der Waals surface area contributed by atoms with E-state index in [9.17, 15) is 4.79 Å². The molecule has 0 radical (unpaired) electrons. The predicted octanol–water partition coefficient (Wildman–Crippen LogP) is 4.26. The van der Waals surface area contributed by atoms with Crippen LogP contribution in [0.25, 0.3) is 11.1 Å². The van der Waals surface area contributed by atoms with Gasteiger partial charge >= 0.3 is 0 Å². The summed E-state index contributed by atoms with van der Waals surface area (Å²) in [5.41, 5.74) is 3.18. The first-order valence-corrected chi connectivity index (χ1v) is 12.8. The Bertz CT molecular complexity index is 977. The van der Waals surface area contributed by atoms with E-state index in [1.54, 1.807) is 0 Å². The van der Waals surface area contributed by atoms with Crippen LogP contribution in [0, 0.1) is 11.3 Å². The van der Waals surface area contributed by atoms with Crippen molar-refractivity contribution in [2.24, 2.45) is 11.3 Å². The normalized spacial score (nSPS) is 21.1. The van der Waals surface area contributed by atoms with Crippen molar-refractivity contribution in [3.05, 3.63) is 23.0 Å². The van der Waals surface area contributed by atoms with Gasteiger partial charge in [-0.2, -0.15) is 0 Å². The summed E-state index contributed by atoms with van der Waals surface area (Å²) in [7, 11) is 0. The van der Waals surface area contributed by atoms with Crippen LogP contribution in [0.4, 0.5) is 0 Å². The summed E-state index contributed by atoms with van der Waals surface area (Å²) >= 11 is 0. The molecular weight excluding hydrogens is 416 g/mol. The van der Waals surface area contributed by atoms with Crippen molar-refractivity contribution in [2.45, 2.75) is 65.2 Å². The highest BCUT2D eigenvalue weighted by molar-refractivity contribution is 6.06. The molecule has 0 N–H and O–H groups in total. The number of carbonyl (C=O) groups excluding carboxylic acids is 1. The van der Waals surface area contributed by atoms with Crippen molar-refractivity contribution in [1.82, 2.24) is 19.9 Å². The quantitative estimate of drug-likeness (QED) is 0.649. The van der Waals surface area contributed by atoms with E-state index >= 15 is 0 Å². The summed E-state index contributed by atoms with van der Waals surface area (Å²) in [6, 6.07) is 2.04. The van der Waals surface area contributed by atoms with Gasteiger partial charge in [0, 0.05) is 37.8 Å². The zero-order chi connectivity index (χ0) is 23.0. The molecule has 1 saturated carbocycles. The molecule has 0 aromatic carbocycles. The topological polar surface area (TPSA) is 71.7 Å². The number of ether oxygens (including phenoxy) is 1. The number of carbonyl (C=O) groups is 1. The second-order valence-corrected chi connectivity index (χ2v) is 11.4. The first-order valence-electron chi connectivity index (χ1n) is 12.8. The van der Waals surface area contributed by atoms with Crippen LogP contribution < -0.4 is 0 Å². The standard InChI is InChI=1S/C26H38N4O3/c1-26(2,3)17-22-23-20(16-21(19-4-5-19)27-24(23)33-28-22)25(31)30-10-7-18(8-11-30)6-9-29-12-14-32-15-13-29/h16,18-19H,4-15,17H2,1-3H3. The van der Waals surface area contributed by atoms with E-state index in [-0.39, 0.29) is 11.3 Å². The van der Waals surface area contributed by atoms with Gasteiger partial charge in [-0.25, -0.2) is 4.98 Å². The number of aromatic nitrogens is 2. The summed E-state index contributed by atoms with van der Waals surface area (Å²) in [5, 5.41) is 5.18. The van der Waals surface area contributed by atoms with Crippen LogP contribution in [0.1, 0.15) is 80.5 Å². The second-order valence-electron chi connectivity index (χ2n) is 11.4. The lowest BCUT2D eigenvalue weighted by Crippen LogP contribution is -2.41. The van der Waals surface area contributed by atoms with E-state index in [2.05, 4.69) is 30.8 Å². The average Bonchev–Trinajstić information content (AvgIpc) is 3.59. The highest BCUT2D eigenvalue weighted by atomic mass is 16.5. The van der Waals surface area contributed by atoms with E-state index in [1.165, 1.54) is 6.42 Å². The molecule has 0 bridgehead atoms. The van der Waals surface area contributed by atoms with Gasteiger partial charge in [-0.1, -0.05) is 25.9 Å². The lowest BCUT2D eigenvalue weighted by Gasteiger charge is -2.34. The molecule has 0 spiro atoms. The number of fused-ring (bicyclic) bond motifs is 1. The van der Waals surface area contributed by atoms with Crippen molar-refractivity contribution in [1.29, 1.82) is 0 Å². The smallest absolute Gasteiger partial charge is 0.259 e. The molecule has 5 rings (SSSR count). The molecule has 1 amide bonds. The van der Waals surface area contributed by atoms with Crippen LogP contribution in [-0.4, -0.2) is 71.8 Å². The zero-order valence-electron chi connectivity index (χ0n) is 20.4. The molecule has 1 aliphatic carbocycles. The van der Waals surface area contributed by atoms with Crippen LogP contribution in [-0.2, 0) is 11.2 Å². The van der Waals surface area contributed by atoms with Gasteiger partial charge in [0.25, 0.3) is 11.6 Å². The molecule has 2 aromatic heterocycles. The van der Waals surface area contributed by atoms with Gasteiger partial charge in [-0.05, 0) is 62.5 Å². The third-order valence-corrected chi connectivity index (χ3v) is 7.32. The summed E-state index contributed by atoms with van der Waals surface area (Å²) < 4.78 is 11.1. The minimum absolute atomic E-state index is 0.0537. The molecule has 4 heterocycles. The Morgan fingerprint density at radius 3 is 2.48 bits per heavy atom. The van der Waals surface area contributed by atoms with Gasteiger partial charge in [0.2, 0.25) is 0 Å². The number of hydrogen-bond donors (Lipinski definition) is 0. The molecule has 3 fully saturated rings. The van der Waals surface area contributed by atoms with E-state index in [0.29, 0.717) is 17.5 Å². The third-order valence-electron chi connectivity index (χ3n) is 7.32. The maximum Gasteiger partial charge on any atom is 0.259 e. The first kappa shape index (κ1) is 22.8. The fraction of sp³-hybridized carbons (Fsp3) is 0.731. The Balaban J connectivity index is 1.30. The summed E-state index contributed by atoms with van der Waals surface area (Å²) in [4.78, 5) is 23.0. The Labute approximate surface area is 196 Å². The average molecular weight is 455 g/mol. The molecule has 0 atom stereocenters. The van der Waals surface area contributed by atoms with Crippen molar-refractivity contribution < 1.29 is 14.1 Å². The van der Waals surface area contributed by atoms with Crippen LogP contribution >= 0.6 is 0 Å². The maximum absolute atomic E-state index is 13.7. The van der Waals surface area contributed by atoms with Crippen molar-refractivity contribution in [3.63, 3.8) is 0 Å². The molecular formula is C26H38N4O3. The molecule has 3 aliphatic rings. The van der Waals surface area contributed by atoms with E-state index in [1.807, 2.05) is 11.0 Å². The lowest BCUT2D eigenvalue weighted by atomic mass is 9.88. The first-order chi connectivity index (χ1) is 15.9. The number of rotatable bonds is 6. The predicted molar refractivity (Wildman–Crippen MR) is 127 cm³/mol. The molecule has 7 heteroatoms. The number of likely N-dealkylation sites (tertiary alicyclic amines) is 1. The molecule has 2 saturated heterocycles. The largest absolute Gasteiger partial charge is 0.379 e. The van der Waals surface area contributed by atoms with Crippen LogP contribution in [0.15, 0.2) is 10.6 Å². The maximum atomic E-state index is 13.7. The Hall–Kier alpha value is -1.99. The van der Waals surface area contributed by atoms with Crippen molar-refractivity contribution in [3.8, 4) is 0 Å². The summed E-state index contributed by atoms with van der Waals surface area (Å²) in [5.74, 6) is 1.28. The van der Waals surface area contributed by atoms with Gasteiger partial charge < -0.3 is 14.2 Å². The van der Waals surface area contributed by atoms with Gasteiger partial charge in [0.1, 0.15) is 0 Å². The number of pyridine rings is 1. The fourth-order valence-electron chi connectivity index (χ4n) is 5.19. The van der Waals surface area contributed by atoms with Crippen LogP contribution in [0.3, 0.4) is 0 Å². The van der Waals surface area contributed by atoms with Gasteiger partial charge in [0.15, 0.2) is 0 Å². The Morgan fingerprint density at radius 2 is 1.82 bits per heavy atom. The van der Waals surface area contributed by atoms with Crippen LogP contribution in [0.5, 0.6) is 0 Å². The molecule has 0 unspecified atom stereocenters. The number of hydrogen-bond acceptors (Lipinski definition) is 6. The van der Waals surface area contributed by atoms with E-state index in [4.69, 9.17) is 14.2 Å². The number of amides is 1. The molecule has 2 aromatic rings. The number of piperidine rings is 1. The molecule has 33 heavy (non-hydrogen) atoms. The molecule has 2 aliphatic heterocycles. The molecule has 180 valence electrons. The number of nitrogens with zero attached hydrogens (tertiary/aromatic N) is 4. The van der Waals surface area contributed by atoms with E-state index < -0.39 is 0 Å². The highest BCUT2D eigenvalue weighted by Crippen LogP contribution is 2.41. The lowest BCUT2D eigenvalue weighted by molar-refractivity contribution is 0.0332. The monoisotopic (exact) mass is 454 g/mol. The van der Waals surface area contributed by atoms with Gasteiger partial charge in [-0.3, -0.25) is 9.69 Å².